The summed E-state index contributed by atoms with van der Waals surface area (Å²) in [6.45, 7) is 6.81. The highest BCUT2D eigenvalue weighted by atomic mass is 32.1. The van der Waals surface area contributed by atoms with Crippen LogP contribution in [0.1, 0.15) is 33.4 Å². The average Bonchev–Trinajstić information content (AvgIpc) is 3.16. The fourth-order valence-electron chi connectivity index (χ4n) is 2.40. The number of carbonyl (C=O) groups is 1. The zero-order valence-corrected chi connectivity index (χ0v) is 14.8. The minimum atomic E-state index is -0.348. The highest BCUT2D eigenvalue weighted by Crippen LogP contribution is 2.28. The molecule has 0 fully saturated rings. The van der Waals surface area contributed by atoms with Gasteiger partial charge in [0.05, 0.1) is 30.6 Å². The maximum atomic E-state index is 11.7. The van der Waals surface area contributed by atoms with Crippen LogP contribution >= 0.6 is 11.3 Å². The molecule has 0 N–H and O–H groups in total. The summed E-state index contributed by atoms with van der Waals surface area (Å²) >= 11 is 1.67. The number of nitrogens with zero attached hydrogens (tertiary/aromatic N) is 3. The Morgan fingerprint density at radius 2 is 2.17 bits per heavy atom. The lowest BCUT2D eigenvalue weighted by Crippen LogP contribution is -2.04. The minimum absolute atomic E-state index is 0.348. The van der Waals surface area contributed by atoms with Gasteiger partial charge < -0.3 is 4.74 Å². The molecule has 0 spiro atoms. The van der Waals surface area contributed by atoms with E-state index in [1.807, 2.05) is 6.07 Å². The normalized spacial score (nSPS) is 10.8. The molecule has 124 valence electrons. The summed E-state index contributed by atoms with van der Waals surface area (Å²) in [7, 11) is 0. The molecule has 0 aliphatic heterocycles. The van der Waals surface area contributed by atoms with Crippen molar-refractivity contribution in [2.24, 2.45) is 0 Å². The molecule has 5 nitrogen and oxygen atoms in total. The molecule has 0 saturated carbocycles. The number of aromatic nitrogens is 3. The second-order valence-electron chi connectivity index (χ2n) is 5.54. The van der Waals surface area contributed by atoms with Gasteiger partial charge in [-0.1, -0.05) is 23.8 Å². The van der Waals surface area contributed by atoms with Crippen LogP contribution in [0, 0.1) is 13.8 Å². The lowest BCUT2D eigenvalue weighted by Gasteiger charge is -2.00. The minimum Gasteiger partial charge on any atom is -0.462 e. The van der Waals surface area contributed by atoms with Gasteiger partial charge in [0.1, 0.15) is 5.01 Å². The van der Waals surface area contributed by atoms with E-state index < -0.39 is 0 Å². The highest BCUT2D eigenvalue weighted by Gasteiger charge is 2.13. The Bertz CT molecular complexity index is 867. The lowest BCUT2D eigenvalue weighted by molar-refractivity contribution is 0.0526. The van der Waals surface area contributed by atoms with Gasteiger partial charge in [-0.25, -0.2) is 9.78 Å². The average molecular weight is 341 g/mol. The molecule has 0 bridgehead atoms. The first-order valence-electron chi connectivity index (χ1n) is 7.79. The maximum Gasteiger partial charge on any atom is 0.341 e. The van der Waals surface area contributed by atoms with Gasteiger partial charge in [0, 0.05) is 16.6 Å². The number of esters is 1. The summed E-state index contributed by atoms with van der Waals surface area (Å²) in [4.78, 5) is 17.6. The molecule has 0 amide bonds. The van der Waals surface area contributed by atoms with E-state index >= 15 is 0 Å². The van der Waals surface area contributed by atoms with E-state index in [1.165, 1.54) is 11.8 Å². The second kappa shape index (κ2) is 6.97. The van der Waals surface area contributed by atoms with Crippen molar-refractivity contribution in [1.82, 2.24) is 14.8 Å². The van der Waals surface area contributed by atoms with Crippen molar-refractivity contribution in [3.8, 4) is 10.6 Å². The molecule has 1 aromatic carbocycles. The first kappa shape index (κ1) is 16.4. The first-order valence-corrected chi connectivity index (χ1v) is 8.61. The Balaban J connectivity index is 1.80. The summed E-state index contributed by atoms with van der Waals surface area (Å²) in [6.07, 6.45) is 3.23. The highest BCUT2D eigenvalue weighted by molar-refractivity contribution is 7.15. The molecule has 2 aromatic heterocycles. The largest absolute Gasteiger partial charge is 0.462 e. The maximum absolute atomic E-state index is 11.7. The van der Waals surface area contributed by atoms with Crippen LogP contribution in [0.2, 0.25) is 0 Å². The van der Waals surface area contributed by atoms with Crippen molar-refractivity contribution in [1.29, 1.82) is 0 Å². The molecular weight excluding hydrogens is 322 g/mol. The van der Waals surface area contributed by atoms with E-state index in [2.05, 4.69) is 37.1 Å². The van der Waals surface area contributed by atoms with Crippen molar-refractivity contribution in [3.05, 3.63) is 58.4 Å². The SMILES string of the molecule is CCOC(=O)c1cnn(Cc2nc(-c3cccc(C)c3)sc2C)c1. The number of thiazole rings is 1. The zero-order valence-electron chi connectivity index (χ0n) is 13.9. The lowest BCUT2D eigenvalue weighted by atomic mass is 10.1. The van der Waals surface area contributed by atoms with Crippen LogP contribution in [0.15, 0.2) is 36.7 Å². The molecule has 0 radical (unpaired) electrons. The smallest absolute Gasteiger partial charge is 0.341 e. The Morgan fingerprint density at radius 3 is 2.92 bits per heavy atom. The van der Waals surface area contributed by atoms with E-state index in [0.29, 0.717) is 18.7 Å². The van der Waals surface area contributed by atoms with E-state index in [1.54, 1.807) is 29.1 Å². The van der Waals surface area contributed by atoms with Crippen LogP contribution < -0.4 is 0 Å². The summed E-state index contributed by atoms with van der Waals surface area (Å²) in [5.74, 6) is -0.348. The third-order valence-corrected chi connectivity index (χ3v) is 4.68. The molecule has 3 rings (SSSR count). The molecule has 0 saturated heterocycles. The monoisotopic (exact) mass is 341 g/mol. The van der Waals surface area contributed by atoms with Gasteiger partial charge in [0.2, 0.25) is 0 Å². The number of benzene rings is 1. The van der Waals surface area contributed by atoms with Gasteiger partial charge in [0.25, 0.3) is 0 Å². The van der Waals surface area contributed by atoms with Gasteiger partial charge in [-0.05, 0) is 26.8 Å². The van der Waals surface area contributed by atoms with Gasteiger partial charge in [-0.2, -0.15) is 5.10 Å². The van der Waals surface area contributed by atoms with Crippen LogP contribution in [0.25, 0.3) is 10.6 Å². The van der Waals surface area contributed by atoms with Crippen molar-refractivity contribution < 1.29 is 9.53 Å². The standard InChI is InChI=1S/C18H19N3O2S/c1-4-23-18(22)15-9-19-21(10-15)11-16-13(3)24-17(20-16)14-7-5-6-12(2)8-14/h5-10H,4,11H2,1-3H3. The van der Waals surface area contributed by atoms with Gasteiger partial charge >= 0.3 is 5.97 Å². The molecule has 0 unspecified atom stereocenters. The van der Waals surface area contributed by atoms with E-state index in [9.17, 15) is 4.79 Å². The number of hydrogen-bond acceptors (Lipinski definition) is 5. The van der Waals surface area contributed by atoms with Crippen molar-refractivity contribution in [2.75, 3.05) is 6.61 Å². The Kier molecular flexibility index (Phi) is 4.76. The van der Waals surface area contributed by atoms with Crippen molar-refractivity contribution in [2.45, 2.75) is 27.3 Å². The Morgan fingerprint density at radius 1 is 1.33 bits per heavy atom. The van der Waals surface area contributed by atoms with E-state index in [4.69, 9.17) is 9.72 Å². The number of carbonyl (C=O) groups excluding carboxylic acids is 1. The second-order valence-corrected chi connectivity index (χ2v) is 6.74. The first-order chi connectivity index (χ1) is 11.6. The predicted octanol–water partition coefficient (Wildman–Crippen LogP) is 3.85. The third kappa shape index (κ3) is 3.54. The molecule has 3 aromatic rings. The Hall–Kier alpha value is -2.47. The molecule has 2 heterocycles. The summed E-state index contributed by atoms with van der Waals surface area (Å²) in [5, 5.41) is 5.24. The summed E-state index contributed by atoms with van der Waals surface area (Å²) < 4.78 is 6.70. The summed E-state index contributed by atoms with van der Waals surface area (Å²) in [5.41, 5.74) is 3.77. The molecule has 0 atom stereocenters. The fraction of sp³-hybridized carbons (Fsp3) is 0.278. The van der Waals surface area contributed by atoms with Crippen molar-refractivity contribution >= 4 is 17.3 Å². The molecule has 24 heavy (non-hydrogen) atoms. The van der Waals surface area contributed by atoms with Gasteiger partial charge in [0.15, 0.2) is 0 Å². The van der Waals surface area contributed by atoms with Gasteiger partial charge in [-0.3, -0.25) is 4.68 Å². The molecule has 0 aliphatic rings. The Labute approximate surface area is 144 Å². The number of rotatable bonds is 5. The van der Waals surface area contributed by atoms with E-state index in [0.717, 1.165) is 21.1 Å². The summed E-state index contributed by atoms with van der Waals surface area (Å²) in [6, 6.07) is 8.32. The quantitative estimate of drug-likeness (QED) is 0.662. The van der Waals surface area contributed by atoms with Gasteiger partial charge in [-0.15, -0.1) is 11.3 Å². The van der Waals surface area contributed by atoms with E-state index in [-0.39, 0.29) is 5.97 Å². The third-order valence-electron chi connectivity index (χ3n) is 3.61. The molecule has 0 aliphatic carbocycles. The number of hydrogen-bond donors (Lipinski definition) is 0. The predicted molar refractivity (Wildman–Crippen MR) is 94.3 cm³/mol. The van der Waals surface area contributed by atoms with Crippen LogP contribution in [0.5, 0.6) is 0 Å². The fourth-order valence-corrected chi connectivity index (χ4v) is 3.32. The van der Waals surface area contributed by atoms with Crippen LogP contribution in [-0.4, -0.2) is 27.3 Å². The number of ether oxygens (including phenoxy) is 1. The van der Waals surface area contributed by atoms with Crippen LogP contribution in [0.3, 0.4) is 0 Å². The van der Waals surface area contributed by atoms with Crippen LogP contribution in [-0.2, 0) is 11.3 Å². The molecule has 6 heteroatoms. The zero-order chi connectivity index (χ0) is 17.1. The molecular formula is C18H19N3O2S. The topological polar surface area (TPSA) is 57.0 Å². The van der Waals surface area contributed by atoms with Crippen LogP contribution in [0.4, 0.5) is 0 Å². The van der Waals surface area contributed by atoms with Crippen molar-refractivity contribution in [3.63, 3.8) is 0 Å². The number of aryl methyl sites for hydroxylation is 2.